The Morgan fingerprint density at radius 2 is 2.42 bits per heavy atom. The van der Waals surface area contributed by atoms with E-state index in [1.54, 1.807) is 6.07 Å². The minimum atomic E-state index is -0.551. The van der Waals surface area contributed by atoms with Crippen LogP contribution in [-0.4, -0.2) is 9.91 Å². The molecule has 0 aliphatic heterocycles. The largest absolute Gasteiger partial charge is 0.377 e. The third kappa shape index (κ3) is 1.77. The maximum Gasteiger partial charge on any atom is 0.377 e. The van der Waals surface area contributed by atoms with E-state index in [4.69, 9.17) is 5.73 Å². The van der Waals surface area contributed by atoms with Crippen LogP contribution < -0.4 is 5.73 Å². The Balaban J connectivity index is 3.12. The van der Waals surface area contributed by atoms with Crippen molar-refractivity contribution in [3.8, 4) is 0 Å². The molecule has 0 radical (unpaired) electrons. The number of halogens is 1. The molecule has 12 heavy (non-hydrogen) atoms. The van der Waals surface area contributed by atoms with E-state index < -0.39 is 4.92 Å². The third-order valence-corrected chi connectivity index (χ3v) is 1.87. The maximum atomic E-state index is 10.3. The number of rotatable bonds is 2. The van der Waals surface area contributed by atoms with Gasteiger partial charge >= 0.3 is 5.82 Å². The molecular weight excluding hydrogens is 226 g/mol. The molecule has 0 aliphatic rings. The fourth-order valence-electron chi connectivity index (χ4n) is 0.716. The fourth-order valence-corrected chi connectivity index (χ4v) is 1.26. The maximum absolute atomic E-state index is 10.3. The predicted octanol–water partition coefficient (Wildman–Crippen LogP) is 1.21. The van der Waals surface area contributed by atoms with Gasteiger partial charge in [-0.1, -0.05) is 0 Å². The zero-order valence-electron chi connectivity index (χ0n) is 6.03. The summed E-state index contributed by atoms with van der Waals surface area (Å²) >= 11 is 3.03. The molecule has 1 aromatic heterocycles. The van der Waals surface area contributed by atoms with Crippen LogP contribution in [0.2, 0.25) is 0 Å². The van der Waals surface area contributed by atoms with E-state index in [0.29, 0.717) is 11.0 Å². The number of pyridine rings is 1. The first-order valence-corrected chi connectivity index (χ1v) is 3.93. The summed E-state index contributed by atoms with van der Waals surface area (Å²) < 4.78 is 0.357. The molecule has 1 heterocycles. The summed E-state index contributed by atoms with van der Waals surface area (Å²) in [5, 5.41) is 10.3. The van der Waals surface area contributed by atoms with Gasteiger partial charge in [-0.25, -0.2) is 0 Å². The van der Waals surface area contributed by atoms with Crippen molar-refractivity contribution in [2.75, 3.05) is 0 Å². The van der Waals surface area contributed by atoms with E-state index in [2.05, 4.69) is 20.9 Å². The number of nitro groups is 1. The fraction of sp³-hybridized carbons (Fsp3) is 0.167. The van der Waals surface area contributed by atoms with Gasteiger partial charge in [0.1, 0.15) is 10.7 Å². The summed E-state index contributed by atoms with van der Waals surface area (Å²) in [6.07, 6.45) is 1.39. The second kappa shape index (κ2) is 3.59. The van der Waals surface area contributed by atoms with Gasteiger partial charge in [0.15, 0.2) is 0 Å². The van der Waals surface area contributed by atoms with Crippen LogP contribution in [0.1, 0.15) is 5.56 Å². The lowest BCUT2D eigenvalue weighted by Crippen LogP contribution is -1.99. The van der Waals surface area contributed by atoms with Gasteiger partial charge in [0, 0.05) is 12.1 Å². The summed E-state index contributed by atoms with van der Waals surface area (Å²) in [5.41, 5.74) is 6.07. The van der Waals surface area contributed by atoms with Crippen LogP contribution in [0, 0.1) is 10.1 Å². The summed E-state index contributed by atoms with van der Waals surface area (Å²) in [5.74, 6) is -0.188. The van der Waals surface area contributed by atoms with E-state index in [0.717, 1.165) is 5.56 Å². The van der Waals surface area contributed by atoms with Gasteiger partial charge < -0.3 is 15.8 Å². The summed E-state index contributed by atoms with van der Waals surface area (Å²) in [7, 11) is 0. The van der Waals surface area contributed by atoms with Gasteiger partial charge in [-0.2, -0.15) is 0 Å². The first-order valence-electron chi connectivity index (χ1n) is 3.14. The van der Waals surface area contributed by atoms with Gasteiger partial charge in [0.25, 0.3) is 0 Å². The Kier molecular flexibility index (Phi) is 2.72. The van der Waals surface area contributed by atoms with Crippen molar-refractivity contribution < 1.29 is 4.92 Å². The van der Waals surface area contributed by atoms with Crippen LogP contribution >= 0.6 is 15.9 Å². The van der Waals surface area contributed by atoms with E-state index in [1.807, 2.05) is 0 Å². The van der Waals surface area contributed by atoms with Crippen LogP contribution in [0.15, 0.2) is 16.7 Å². The van der Waals surface area contributed by atoms with Crippen molar-refractivity contribution in [1.82, 2.24) is 4.98 Å². The smallest absolute Gasteiger partial charge is 0.358 e. The molecule has 0 atom stereocenters. The van der Waals surface area contributed by atoms with Crippen molar-refractivity contribution in [1.29, 1.82) is 0 Å². The number of hydrogen-bond acceptors (Lipinski definition) is 4. The summed E-state index contributed by atoms with van der Waals surface area (Å²) in [6, 6.07) is 1.59. The zero-order valence-corrected chi connectivity index (χ0v) is 7.61. The van der Waals surface area contributed by atoms with Gasteiger partial charge in [-0.05, 0) is 31.9 Å². The number of aromatic nitrogens is 1. The Hall–Kier alpha value is -1.01. The highest BCUT2D eigenvalue weighted by Gasteiger charge is 2.12. The van der Waals surface area contributed by atoms with Gasteiger partial charge in [0.2, 0.25) is 0 Å². The number of nitrogens with zero attached hydrogens (tertiary/aromatic N) is 2. The first kappa shape index (κ1) is 9.08. The molecule has 0 aromatic carbocycles. The van der Waals surface area contributed by atoms with Crippen LogP contribution in [0.5, 0.6) is 0 Å². The second-order valence-corrected chi connectivity index (χ2v) is 2.96. The summed E-state index contributed by atoms with van der Waals surface area (Å²) in [4.78, 5) is 13.4. The highest BCUT2D eigenvalue weighted by atomic mass is 79.9. The van der Waals surface area contributed by atoms with E-state index in [1.165, 1.54) is 6.20 Å². The van der Waals surface area contributed by atoms with Crippen LogP contribution in [0.3, 0.4) is 0 Å². The van der Waals surface area contributed by atoms with Crippen LogP contribution in [-0.2, 0) is 6.54 Å². The van der Waals surface area contributed by atoms with Crippen molar-refractivity contribution in [3.05, 3.63) is 32.4 Å². The average molecular weight is 232 g/mol. The molecule has 6 heteroatoms. The molecule has 0 fully saturated rings. The zero-order chi connectivity index (χ0) is 9.14. The van der Waals surface area contributed by atoms with E-state index in [9.17, 15) is 10.1 Å². The number of nitrogens with two attached hydrogens (primary N) is 1. The van der Waals surface area contributed by atoms with Gasteiger partial charge in [-0.15, -0.1) is 0 Å². The van der Waals surface area contributed by atoms with Crippen molar-refractivity contribution in [2.24, 2.45) is 5.73 Å². The van der Waals surface area contributed by atoms with Gasteiger partial charge in [-0.3, -0.25) is 0 Å². The highest BCUT2D eigenvalue weighted by molar-refractivity contribution is 9.10. The number of hydrogen-bond donors (Lipinski definition) is 1. The average Bonchev–Trinajstić information content (AvgIpc) is 2.03. The molecule has 0 saturated carbocycles. The molecule has 0 saturated heterocycles. The normalized spacial score (nSPS) is 9.83. The standard InChI is InChI=1S/C6H6BrN3O2/c7-5-1-4(2-8)3-9-6(5)10(11)12/h1,3H,2,8H2. The topological polar surface area (TPSA) is 82.0 Å². The monoisotopic (exact) mass is 231 g/mol. The lowest BCUT2D eigenvalue weighted by molar-refractivity contribution is -0.390. The molecule has 1 aromatic rings. The molecule has 64 valence electrons. The van der Waals surface area contributed by atoms with Gasteiger partial charge in [0.05, 0.1) is 0 Å². The Morgan fingerprint density at radius 3 is 2.83 bits per heavy atom. The SMILES string of the molecule is NCc1cnc([N+](=O)[O-])c(Br)c1. The Labute approximate surface area is 76.9 Å². The minimum absolute atomic E-state index is 0.188. The van der Waals surface area contributed by atoms with E-state index in [-0.39, 0.29) is 5.82 Å². The molecule has 1 rings (SSSR count). The third-order valence-electron chi connectivity index (χ3n) is 1.29. The van der Waals surface area contributed by atoms with Crippen LogP contribution in [0.4, 0.5) is 5.82 Å². The predicted molar refractivity (Wildman–Crippen MR) is 46.5 cm³/mol. The molecule has 5 nitrogen and oxygen atoms in total. The molecular formula is C6H6BrN3O2. The Bertz CT molecular complexity index is 316. The Morgan fingerprint density at radius 1 is 1.75 bits per heavy atom. The van der Waals surface area contributed by atoms with E-state index >= 15 is 0 Å². The molecule has 0 unspecified atom stereocenters. The lowest BCUT2D eigenvalue weighted by atomic mass is 10.3. The lowest BCUT2D eigenvalue weighted by Gasteiger charge is -1.96. The molecule has 0 amide bonds. The minimum Gasteiger partial charge on any atom is -0.358 e. The summed E-state index contributed by atoms with van der Waals surface area (Å²) in [6.45, 7) is 0.323. The molecule has 0 bridgehead atoms. The molecule has 0 spiro atoms. The second-order valence-electron chi connectivity index (χ2n) is 2.11. The molecule has 0 aliphatic carbocycles. The first-order chi connectivity index (χ1) is 5.65. The van der Waals surface area contributed by atoms with Crippen molar-refractivity contribution >= 4 is 21.7 Å². The highest BCUT2D eigenvalue weighted by Crippen LogP contribution is 2.22. The van der Waals surface area contributed by atoms with Crippen molar-refractivity contribution in [2.45, 2.75) is 6.54 Å². The molecule has 2 N–H and O–H groups in total. The van der Waals surface area contributed by atoms with Crippen LogP contribution in [0.25, 0.3) is 0 Å². The van der Waals surface area contributed by atoms with Crippen molar-refractivity contribution in [3.63, 3.8) is 0 Å². The quantitative estimate of drug-likeness (QED) is 0.613.